The van der Waals surface area contributed by atoms with Crippen LogP contribution >= 0.6 is 0 Å². The first-order valence-electron chi connectivity index (χ1n) is 13.3. The maximum Gasteiger partial charge on any atom is 0.254 e. The van der Waals surface area contributed by atoms with E-state index in [0.717, 1.165) is 31.2 Å². The Balaban J connectivity index is 1.72. The van der Waals surface area contributed by atoms with Crippen molar-refractivity contribution >= 4 is 11.8 Å². The average molecular weight is 511 g/mol. The minimum absolute atomic E-state index is 0.00146. The molecule has 0 heterocycles. The molecule has 1 aliphatic carbocycles. The van der Waals surface area contributed by atoms with Crippen LogP contribution in [-0.4, -0.2) is 68.2 Å². The number of ether oxygens (including phenoxy) is 3. The summed E-state index contributed by atoms with van der Waals surface area (Å²) in [5, 5.41) is 0. The fourth-order valence-electron chi connectivity index (χ4n) is 5.17. The van der Waals surface area contributed by atoms with Crippen molar-refractivity contribution in [2.45, 2.75) is 64.6 Å². The zero-order chi connectivity index (χ0) is 26.8. The van der Waals surface area contributed by atoms with Crippen molar-refractivity contribution in [1.29, 1.82) is 0 Å². The van der Waals surface area contributed by atoms with E-state index in [0.29, 0.717) is 43.2 Å². The van der Waals surface area contributed by atoms with E-state index in [-0.39, 0.29) is 29.8 Å². The van der Waals surface area contributed by atoms with Crippen LogP contribution in [-0.2, 0) is 16.1 Å². The molecular formula is C30H42N2O5. The molecule has 2 atom stereocenters. The predicted molar refractivity (Wildman–Crippen MR) is 145 cm³/mol. The SMILES string of the molecule is COCCCOc1cc(C(=O)N(C(C)C)C2CCCC(C(=O)N(C)Cc3ccccc3)C2)ccc1OC. The van der Waals surface area contributed by atoms with E-state index >= 15 is 0 Å². The maximum absolute atomic E-state index is 13.8. The molecule has 1 aliphatic rings. The molecule has 1 fully saturated rings. The molecular weight excluding hydrogens is 468 g/mol. The second kappa shape index (κ2) is 14.0. The first-order valence-corrected chi connectivity index (χ1v) is 13.3. The summed E-state index contributed by atoms with van der Waals surface area (Å²) in [4.78, 5) is 30.9. The Morgan fingerprint density at radius 2 is 1.76 bits per heavy atom. The van der Waals surface area contributed by atoms with Gasteiger partial charge in [-0.05, 0) is 56.9 Å². The highest BCUT2D eigenvalue weighted by atomic mass is 16.5. The molecule has 7 heteroatoms. The Morgan fingerprint density at radius 1 is 1.00 bits per heavy atom. The topological polar surface area (TPSA) is 68.3 Å². The third-order valence-electron chi connectivity index (χ3n) is 6.98. The van der Waals surface area contributed by atoms with E-state index in [1.807, 2.05) is 61.0 Å². The number of rotatable bonds is 12. The lowest BCUT2D eigenvalue weighted by molar-refractivity contribution is -0.136. The molecule has 2 unspecified atom stereocenters. The Morgan fingerprint density at radius 3 is 2.43 bits per heavy atom. The number of carbonyl (C=O) groups is 2. The maximum atomic E-state index is 13.8. The Kier molecular flexibility index (Phi) is 10.8. The van der Waals surface area contributed by atoms with Crippen LogP contribution in [0.1, 0.15) is 61.9 Å². The van der Waals surface area contributed by atoms with Gasteiger partial charge in [-0.3, -0.25) is 9.59 Å². The third-order valence-corrected chi connectivity index (χ3v) is 6.98. The molecule has 1 saturated carbocycles. The van der Waals surface area contributed by atoms with Crippen LogP contribution < -0.4 is 9.47 Å². The number of amides is 2. The van der Waals surface area contributed by atoms with E-state index in [4.69, 9.17) is 14.2 Å². The summed E-state index contributed by atoms with van der Waals surface area (Å²) in [6.07, 6.45) is 4.10. The average Bonchev–Trinajstić information content (AvgIpc) is 2.91. The fraction of sp³-hybridized carbons (Fsp3) is 0.533. The first-order chi connectivity index (χ1) is 17.8. The van der Waals surface area contributed by atoms with Gasteiger partial charge < -0.3 is 24.0 Å². The lowest BCUT2D eigenvalue weighted by Crippen LogP contribution is -2.48. The minimum atomic E-state index is -0.0861. The summed E-state index contributed by atoms with van der Waals surface area (Å²) >= 11 is 0. The van der Waals surface area contributed by atoms with Gasteiger partial charge in [0, 0.05) is 57.3 Å². The van der Waals surface area contributed by atoms with Crippen LogP contribution in [0.3, 0.4) is 0 Å². The van der Waals surface area contributed by atoms with Gasteiger partial charge in [-0.15, -0.1) is 0 Å². The van der Waals surface area contributed by atoms with Gasteiger partial charge in [-0.1, -0.05) is 36.8 Å². The van der Waals surface area contributed by atoms with Crippen molar-refractivity contribution in [3.63, 3.8) is 0 Å². The molecule has 0 N–H and O–H groups in total. The van der Waals surface area contributed by atoms with Crippen molar-refractivity contribution in [1.82, 2.24) is 9.80 Å². The molecule has 0 bridgehead atoms. The lowest BCUT2D eigenvalue weighted by atomic mass is 9.83. The van der Waals surface area contributed by atoms with Crippen LogP contribution in [0.4, 0.5) is 0 Å². The Labute approximate surface area is 221 Å². The normalized spacial score (nSPS) is 17.4. The molecule has 2 amide bonds. The zero-order valence-corrected chi connectivity index (χ0v) is 22.9. The molecule has 7 nitrogen and oxygen atoms in total. The van der Waals surface area contributed by atoms with Crippen LogP contribution in [0.2, 0.25) is 0 Å². The fourth-order valence-corrected chi connectivity index (χ4v) is 5.17. The lowest BCUT2D eigenvalue weighted by Gasteiger charge is -2.40. The highest BCUT2D eigenvalue weighted by Gasteiger charge is 2.35. The molecule has 0 radical (unpaired) electrons. The quantitative estimate of drug-likeness (QED) is 0.368. The van der Waals surface area contributed by atoms with Gasteiger partial charge in [0.15, 0.2) is 11.5 Å². The number of nitrogens with zero attached hydrogens (tertiary/aromatic N) is 2. The van der Waals surface area contributed by atoms with Gasteiger partial charge in [0.25, 0.3) is 5.91 Å². The largest absolute Gasteiger partial charge is 0.493 e. The molecule has 0 saturated heterocycles. The summed E-state index contributed by atoms with van der Waals surface area (Å²) in [6.45, 7) is 5.74. The first kappa shape index (κ1) is 28.5. The number of benzene rings is 2. The molecule has 3 rings (SSSR count). The van der Waals surface area contributed by atoms with E-state index in [2.05, 4.69) is 0 Å². The molecule has 37 heavy (non-hydrogen) atoms. The van der Waals surface area contributed by atoms with Gasteiger partial charge >= 0.3 is 0 Å². The van der Waals surface area contributed by atoms with E-state index in [9.17, 15) is 9.59 Å². The highest BCUT2D eigenvalue weighted by Crippen LogP contribution is 2.33. The van der Waals surface area contributed by atoms with Gasteiger partial charge in [-0.2, -0.15) is 0 Å². The van der Waals surface area contributed by atoms with Crippen molar-refractivity contribution < 1.29 is 23.8 Å². The number of carbonyl (C=O) groups excluding carboxylic acids is 2. The number of hydrogen-bond acceptors (Lipinski definition) is 5. The predicted octanol–water partition coefficient (Wildman–Crippen LogP) is 5.18. The van der Waals surface area contributed by atoms with E-state index in [1.165, 1.54) is 0 Å². The Bertz CT molecular complexity index is 1010. The molecule has 0 aromatic heterocycles. The van der Waals surface area contributed by atoms with Crippen LogP contribution in [0.25, 0.3) is 0 Å². The Hall–Kier alpha value is -3.06. The third kappa shape index (κ3) is 7.71. The van der Waals surface area contributed by atoms with Gasteiger partial charge in [0.1, 0.15) is 0 Å². The van der Waals surface area contributed by atoms with Gasteiger partial charge in [0.2, 0.25) is 5.91 Å². The summed E-state index contributed by atoms with van der Waals surface area (Å²) in [7, 11) is 5.12. The monoisotopic (exact) mass is 510 g/mol. The van der Waals surface area contributed by atoms with Gasteiger partial charge in [-0.25, -0.2) is 0 Å². The zero-order valence-electron chi connectivity index (χ0n) is 22.9. The summed E-state index contributed by atoms with van der Waals surface area (Å²) < 4.78 is 16.4. The van der Waals surface area contributed by atoms with E-state index < -0.39 is 0 Å². The van der Waals surface area contributed by atoms with Crippen molar-refractivity contribution in [2.75, 3.05) is 34.5 Å². The highest BCUT2D eigenvalue weighted by molar-refractivity contribution is 5.95. The minimum Gasteiger partial charge on any atom is -0.493 e. The number of methoxy groups -OCH3 is 2. The smallest absolute Gasteiger partial charge is 0.254 e. The molecule has 202 valence electrons. The van der Waals surface area contributed by atoms with Crippen molar-refractivity contribution in [2.24, 2.45) is 5.92 Å². The van der Waals surface area contributed by atoms with Gasteiger partial charge in [0.05, 0.1) is 13.7 Å². The summed E-state index contributed by atoms with van der Waals surface area (Å²) in [5.41, 5.74) is 1.68. The molecule has 2 aromatic rings. The number of hydrogen-bond donors (Lipinski definition) is 0. The standard InChI is InChI=1S/C30H42N2O5/c1-22(2)32(30(34)25-15-16-27(36-5)28(20-25)37-18-10-17-35-4)26-14-9-13-24(19-26)29(33)31(3)21-23-11-7-6-8-12-23/h6-8,11-12,15-16,20,22,24,26H,9-10,13-14,17-19,21H2,1-5H3. The van der Waals surface area contributed by atoms with Crippen molar-refractivity contribution in [3.05, 3.63) is 59.7 Å². The van der Waals surface area contributed by atoms with Crippen LogP contribution in [0.5, 0.6) is 11.5 Å². The second-order valence-electron chi connectivity index (χ2n) is 10.1. The molecule has 2 aromatic carbocycles. The van der Waals surface area contributed by atoms with Crippen LogP contribution in [0, 0.1) is 5.92 Å². The van der Waals surface area contributed by atoms with E-state index in [1.54, 1.807) is 32.4 Å². The van der Waals surface area contributed by atoms with Crippen molar-refractivity contribution in [3.8, 4) is 11.5 Å². The summed E-state index contributed by atoms with van der Waals surface area (Å²) in [6, 6.07) is 15.4. The summed E-state index contributed by atoms with van der Waals surface area (Å²) in [5.74, 6) is 1.16. The molecule has 0 aliphatic heterocycles. The van der Waals surface area contributed by atoms with Crippen LogP contribution in [0.15, 0.2) is 48.5 Å². The molecule has 0 spiro atoms. The second-order valence-corrected chi connectivity index (χ2v) is 10.1.